The molecule has 8 nitrogen and oxygen atoms in total. The number of hydrogen-bond acceptors (Lipinski definition) is 8. The number of carbonyl (C=O) groups excluding carboxylic acids is 4. The van der Waals surface area contributed by atoms with E-state index in [1.54, 1.807) is 0 Å². The molecule has 0 aromatic heterocycles. The van der Waals surface area contributed by atoms with Crippen molar-refractivity contribution in [2.75, 3.05) is 27.4 Å². The normalized spacial score (nSPS) is 10.5. The van der Waals surface area contributed by atoms with Gasteiger partial charge in [-0.25, -0.2) is 18.4 Å². The SMILES string of the molecule is COc1ccc(C(=O)COC(=O)/C=C/C(=O)OCC(=O)c2ccc(OC)c(F)c2)cc1F. The minimum absolute atomic E-state index is 0.0343. The fourth-order valence-corrected chi connectivity index (χ4v) is 2.35. The Morgan fingerprint density at radius 1 is 0.719 bits per heavy atom. The van der Waals surface area contributed by atoms with Crippen LogP contribution in [0.1, 0.15) is 20.7 Å². The summed E-state index contributed by atoms with van der Waals surface area (Å²) in [4.78, 5) is 47.1. The van der Waals surface area contributed by atoms with Crippen molar-refractivity contribution in [3.63, 3.8) is 0 Å². The molecule has 0 unspecified atom stereocenters. The molecule has 0 N–H and O–H groups in total. The summed E-state index contributed by atoms with van der Waals surface area (Å²) in [7, 11) is 2.54. The quantitative estimate of drug-likeness (QED) is 0.310. The Morgan fingerprint density at radius 2 is 1.09 bits per heavy atom. The summed E-state index contributed by atoms with van der Waals surface area (Å²) in [5, 5.41) is 0. The van der Waals surface area contributed by atoms with E-state index in [4.69, 9.17) is 9.47 Å². The molecule has 0 bridgehead atoms. The van der Waals surface area contributed by atoms with Crippen molar-refractivity contribution in [1.29, 1.82) is 0 Å². The van der Waals surface area contributed by atoms with Gasteiger partial charge in [0.1, 0.15) is 0 Å². The average Bonchev–Trinajstić information content (AvgIpc) is 2.79. The predicted octanol–water partition coefficient (Wildman–Crippen LogP) is 2.69. The summed E-state index contributed by atoms with van der Waals surface area (Å²) in [5.74, 6) is -5.01. The summed E-state index contributed by atoms with van der Waals surface area (Å²) in [6, 6.07) is 6.99. The lowest BCUT2D eigenvalue weighted by atomic mass is 10.1. The van der Waals surface area contributed by atoms with E-state index >= 15 is 0 Å². The van der Waals surface area contributed by atoms with Crippen LogP contribution in [-0.4, -0.2) is 50.9 Å². The maximum absolute atomic E-state index is 13.6. The van der Waals surface area contributed by atoms with Crippen LogP contribution in [0.25, 0.3) is 0 Å². The van der Waals surface area contributed by atoms with Crippen molar-refractivity contribution in [2.24, 2.45) is 0 Å². The van der Waals surface area contributed by atoms with E-state index in [9.17, 15) is 28.0 Å². The van der Waals surface area contributed by atoms with Crippen LogP contribution in [0.2, 0.25) is 0 Å². The molecule has 0 fully saturated rings. The van der Waals surface area contributed by atoms with E-state index in [2.05, 4.69) is 9.47 Å². The van der Waals surface area contributed by atoms with E-state index in [1.807, 2.05) is 0 Å². The van der Waals surface area contributed by atoms with Crippen LogP contribution in [-0.2, 0) is 19.1 Å². The average molecular weight is 448 g/mol. The second kappa shape index (κ2) is 11.3. The van der Waals surface area contributed by atoms with E-state index in [0.29, 0.717) is 12.2 Å². The van der Waals surface area contributed by atoms with Gasteiger partial charge in [-0.05, 0) is 36.4 Å². The number of halogens is 2. The Hall–Kier alpha value is -4.08. The smallest absolute Gasteiger partial charge is 0.331 e. The zero-order chi connectivity index (χ0) is 23.7. The third kappa shape index (κ3) is 6.73. The second-order valence-corrected chi connectivity index (χ2v) is 6.09. The largest absolute Gasteiger partial charge is 0.494 e. The Kier molecular flexibility index (Phi) is 8.58. The van der Waals surface area contributed by atoms with Gasteiger partial charge in [0, 0.05) is 23.3 Å². The third-order valence-corrected chi connectivity index (χ3v) is 3.99. The van der Waals surface area contributed by atoms with Crippen molar-refractivity contribution in [3.8, 4) is 11.5 Å². The molecule has 0 atom stereocenters. The number of Topliss-reactive ketones (excluding diaryl/α,β-unsaturated/α-hetero) is 2. The first kappa shape index (κ1) is 24.2. The summed E-state index contributed by atoms with van der Waals surface area (Å²) < 4.78 is 46.1. The van der Waals surface area contributed by atoms with Crippen LogP contribution < -0.4 is 9.47 Å². The number of carbonyl (C=O) groups is 4. The summed E-state index contributed by atoms with van der Waals surface area (Å²) in [5.41, 5.74) is -0.0686. The van der Waals surface area contributed by atoms with E-state index in [1.165, 1.54) is 38.5 Å². The van der Waals surface area contributed by atoms with E-state index < -0.39 is 48.4 Å². The Labute approximate surface area is 181 Å². The molecule has 0 amide bonds. The zero-order valence-electron chi connectivity index (χ0n) is 17.1. The lowest BCUT2D eigenvalue weighted by Gasteiger charge is -2.05. The molecule has 0 saturated carbocycles. The van der Waals surface area contributed by atoms with Crippen molar-refractivity contribution in [2.45, 2.75) is 0 Å². The summed E-state index contributed by atoms with van der Waals surface area (Å²) >= 11 is 0. The molecule has 0 spiro atoms. The van der Waals surface area contributed by atoms with E-state index in [-0.39, 0.29) is 22.6 Å². The van der Waals surface area contributed by atoms with Crippen molar-refractivity contribution < 1.29 is 46.9 Å². The highest BCUT2D eigenvalue weighted by molar-refractivity contribution is 6.00. The van der Waals surface area contributed by atoms with Gasteiger partial charge in [0.2, 0.25) is 0 Å². The fraction of sp³-hybridized carbons (Fsp3) is 0.182. The molecule has 2 aromatic carbocycles. The zero-order valence-corrected chi connectivity index (χ0v) is 17.1. The Morgan fingerprint density at radius 3 is 1.41 bits per heavy atom. The van der Waals surface area contributed by atoms with Crippen molar-refractivity contribution >= 4 is 23.5 Å². The number of methoxy groups -OCH3 is 2. The van der Waals surface area contributed by atoms with Crippen molar-refractivity contribution in [3.05, 3.63) is 71.3 Å². The number of rotatable bonds is 10. The lowest BCUT2D eigenvalue weighted by Crippen LogP contribution is -2.14. The first-order valence-electron chi connectivity index (χ1n) is 9.00. The maximum atomic E-state index is 13.6. The third-order valence-electron chi connectivity index (χ3n) is 3.99. The van der Waals surface area contributed by atoms with Gasteiger partial charge in [0.25, 0.3) is 0 Å². The maximum Gasteiger partial charge on any atom is 0.331 e. The van der Waals surface area contributed by atoms with Crippen LogP contribution in [0.3, 0.4) is 0 Å². The van der Waals surface area contributed by atoms with Gasteiger partial charge >= 0.3 is 11.9 Å². The van der Waals surface area contributed by atoms with Gasteiger partial charge in [0.05, 0.1) is 14.2 Å². The minimum atomic E-state index is -1.03. The van der Waals surface area contributed by atoms with Gasteiger partial charge < -0.3 is 18.9 Å². The molecule has 0 heterocycles. The molecule has 0 aliphatic carbocycles. The molecule has 2 rings (SSSR count). The molecule has 32 heavy (non-hydrogen) atoms. The number of esters is 2. The molecule has 10 heteroatoms. The van der Waals surface area contributed by atoms with Gasteiger partial charge in [-0.15, -0.1) is 0 Å². The second-order valence-electron chi connectivity index (χ2n) is 6.09. The monoisotopic (exact) mass is 448 g/mol. The van der Waals surface area contributed by atoms with Crippen molar-refractivity contribution in [1.82, 2.24) is 0 Å². The molecule has 0 radical (unpaired) electrons. The van der Waals surface area contributed by atoms with Crippen LogP contribution in [0.4, 0.5) is 8.78 Å². The van der Waals surface area contributed by atoms with Gasteiger partial charge in [-0.1, -0.05) is 0 Å². The summed E-state index contributed by atoms with van der Waals surface area (Å²) in [6.07, 6.45) is 1.39. The molecule has 0 aliphatic heterocycles. The van der Waals surface area contributed by atoms with Gasteiger partial charge in [-0.2, -0.15) is 0 Å². The van der Waals surface area contributed by atoms with E-state index in [0.717, 1.165) is 12.1 Å². The predicted molar refractivity (Wildman–Crippen MR) is 106 cm³/mol. The Bertz CT molecular complexity index is 978. The topological polar surface area (TPSA) is 105 Å². The standard InChI is InChI=1S/C22H18F2O8/c1-29-19-5-3-13(9-15(19)23)17(25)11-31-21(27)7-8-22(28)32-12-18(26)14-4-6-20(30-2)16(24)10-14/h3-10H,11-12H2,1-2H3/b8-7+. The molecular weight excluding hydrogens is 430 g/mol. The highest BCUT2D eigenvalue weighted by atomic mass is 19.1. The highest BCUT2D eigenvalue weighted by Crippen LogP contribution is 2.19. The Balaban J connectivity index is 1.79. The van der Waals surface area contributed by atoms with Crippen LogP contribution in [0.5, 0.6) is 11.5 Å². The lowest BCUT2D eigenvalue weighted by molar-refractivity contribution is -0.139. The minimum Gasteiger partial charge on any atom is -0.494 e. The van der Waals surface area contributed by atoms with Gasteiger partial charge in [-0.3, -0.25) is 9.59 Å². The van der Waals surface area contributed by atoms with Gasteiger partial charge in [0.15, 0.2) is 47.9 Å². The first-order chi connectivity index (χ1) is 15.2. The van der Waals surface area contributed by atoms with Crippen LogP contribution in [0, 0.1) is 11.6 Å². The number of ether oxygens (including phenoxy) is 4. The van der Waals surface area contributed by atoms with Crippen LogP contribution >= 0.6 is 0 Å². The van der Waals surface area contributed by atoms with Crippen LogP contribution in [0.15, 0.2) is 48.6 Å². The molecule has 0 saturated heterocycles. The fourth-order valence-electron chi connectivity index (χ4n) is 2.35. The molecule has 168 valence electrons. The molecule has 2 aromatic rings. The molecule has 0 aliphatic rings. The molecular formula is C22H18F2O8. The number of hydrogen-bond donors (Lipinski definition) is 0. The number of benzene rings is 2. The number of ketones is 2. The highest BCUT2D eigenvalue weighted by Gasteiger charge is 2.14. The first-order valence-corrected chi connectivity index (χ1v) is 9.00. The summed E-state index contributed by atoms with van der Waals surface area (Å²) in [6.45, 7) is -1.38.